The fourth-order valence-corrected chi connectivity index (χ4v) is 1.30. The topological polar surface area (TPSA) is 38.9 Å². The van der Waals surface area contributed by atoms with Crippen LogP contribution in [0.2, 0.25) is 0 Å². The molecule has 0 aliphatic rings. The zero-order chi connectivity index (χ0) is 10.1. The molecule has 1 aromatic heterocycles. The number of aromatic nitrogens is 1. The molecule has 2 aromatic rings. The third-order valence-electron chi connectivity index (χ3n) is 1.99. The van der Waals surface area contributed by atoms with Crippen molar-refractivity contribution in [1.29, 1.82) is 0 Å². The fourth-order valence-electron chi connectivity index (χ4n) is 1.30. The predicted molar refractivity (Wildman–Crippen MR) is 51.1 cm³/mol. The van der Waals surface area contributed by atoms with Gasteiger partial charge in [-0.05, 0) is 24.3 Å². The summed E-state index contributed by atoms with van der Waals surface area (Å²) < 4.78 is 24.7. The molecule has 0 atom stereocenters. The summed E-state index contributed by atoms with van der Waals surface area (Å²) in [5, 5.41) is 0.678. The highest BCUT2D eigenvalue weighted by atomic mass is 19.3. The second-order valence-electron chi connectivity index (χ2n) is 2.99. The van der Waals surface area contributed by atoms with E-state index in [2.05, 4.69) is 4.98 Å². The van der Waals surface area contributed by atoms with Crippen molar-refractivity contribution < 1.29 is 8.78 Å². The van der Waals surface area contributed by atoms with Gasteiger partial charge in [-0.25, -0.2) is 13.8 Å². The van der Waals surface area contributed by atoms with Crippen LogP contribution in [0.15, 0.2) is 30.3 Å². The Labute approximate surface area is 79.4 Å². The molecular weight excluding hydrogens is 186 g/mol. The average molecular weight is 194 g/mol. The van der Waals surface area contributed by atoms with Crippen molar-refractivity contribution >= 4 is 16.7 Å². The second-order valence-corrected chi connectivity index (χ2v) is 2.99. The molecule has 2 nitrogen and oxygen atoms in total. The van der Waals surface area contributed by atoms with Crippen molar-refractivity contribution in [3.63, 3.8) is 0 Å². The Morgan fingerprint density at radius 2 is 1.93 bits per heavy atom. The monoisotopic (exact) mass is 194 g/mol. The Balaban J connectivity index is 2.62. The molecular formula is C10H8F2N2. The maximum Gasteiger partial charge on any atom is 0.263 e. The summed E-state index contributed by atoms with van der Waals surface area (Å²) in [4.78, 5) is 4.01. The molecule has 0 spiro atoms. The SMILES string of the molecule is Nc1ccc2cc(C(F)F)ccc2n1. The van der Waals surface area contributed by atoms with Gasteiger partial charge in [0.25, 0.3) is 6.43 Å². The summed E-state index contributed by atoms with van der Waals surface area (Å²) in [5.41, 5.74) is 6.10. The van der Waals surface area contributed by atoms with Gasteiger partial charge < -0.3 is 5.73 Å². The summed E-state index contributed by atoms with van der Waals surface area (Å²) in [6.07, 6.45) is -2.45. The zero-order valence-corrected chi connectivity index (χ0v) is 7.24. The first kappa shape index (κ1) is 8.87. The molecule has 72 valence electrons. The second kappa shape index (κ2) is 3.21. The molecule has 0 aliphatic carbocycles. The van der Waals surface area contributed by atoms with E-state index < -0.39 is 6.43 Å². The van der Waals surface area contributed by atoms with Gasteiger partial charge in [0.05, 0.1) is 5.52 Å². The number of anilines is 1. The maximum absolute atomic E-state index is 12.3. The van der Waals surface area contributed by atoms with Gasteiger partial charge in [-0.3, -0.25) is 0 Å². The first-order valence-corrected chi connectivity index (χ1v) is 4.11. The molecule has 0 saturated carbocycles. The minimum Gasteiger partial charge on any atom is -0.384 e. The molecule has 1 heterocycles. The third-order valence-corrected chi connectivity index (χ3v) is 1.99. The molecule has 0 saturated heterocycles. The van der Waals surface area contributed by atoms with Crippen LogP contribution in [0, 0.1) is 0 Å². The number of fused-ring (bicyclic) bond motifs is 1. The smallest absolute Gasteiger partial charge is 0.263 e. The number of nitrogen functional groups attached to an aromatic ring is 1. The first-order chi connectivity index (χ1) is 6.66. The predicted octanol–water partition coefficient (Wildman–Crippen LogP) is 2.75. The lowest BCUT2D eigenvalue weighted by molar-refractivity contribution is 0.151. The number of nitrogens with two attached hydrogens (primary N) is 1. The molecule has 0 radical (unpaired) electrons. The maximum atomic E-state index is 12.3. The molecule has 2 rings (SSSR count). The molecule has 0 bridgehead atoms. The standard InChI is InChI=1S/C10H8F2N2/c11-10(12)7-1-3-8-6(5-7)2-4-9(13)14-8/h1-5,10H,(H2,13,14). The Hall–Kier alpha value is -1.71. The molecule has 0 fully saturated rings. The van der Waals surface area contributed by atoms with Gasteiger partial charge in [0.1, 0.15) is 5.82 Å². The molecule has 14 heavy (non-hydrogen) atoms. The Morgan fingerprint density at radius 3 is 2.64 bits per heavy atom. The summed E-state index contributed by atoms with van der Waals surface area (Å²) in [5.74, 6) is 0.391. The van der Waals surface area contributed by atoms with E-state index >= 15 is 0 Å². The van der Waals surface area contributed by atoms with Crippen LogP contribution in [0.25, 0.3) is 10.9 Å². The van der Waals surface area contributed by atoms with E-state index in [9.17, 15) is 8.78 Å². The Kier molecular flexibility index (Phi) is 2.04. The lowest BCUT2D eigenvalue weighted by Crippen LogP contribution is -1.90. The lowest BCUT2D eigenvalue weighted by Gasteiger charge is -2.02. The third kappa shape index (κ3) is 1.51. The van der Waals surface area contributed by atoms with Gasteiger partial charge in [-0.15, -0.1) is 0 Å². The van der Waals surface area contributed by atoms with E-state index in [0.717, 1.165) is 0 Å². The number of alkyl halides is 2. The minimum atomic E-state index is -2.45. The van der Waals surface area contributed by atoms with Crippen LogP contribution in [-0.4, -0.2) is 4.98 Å². The van der Waals surface area contributed by atoms with E-state index in [1.807, 2.05) is 0 Å². The summed E-state index contributed by atoms with van der Waals surface area (Å²) in [7, 11) is 0. The van der Waals surface area contributed by atoms with E-state index in [0.29, 0.717) is 16.7 Å². The summed E-state index contributed by atoms with van der Waals surface area (Å²) in [6.45, 7) is 0. The summed E-state index contributed by atoms with van der Waals surface area (Å²) in [6, 6.07) is 7.61. The summed E-state index contributed by atoms with van der Waals surface area (Å²) >= 11 is 0. The van der Waals surface area contributed by atoms with Crippen LogP contribution in [0.5, 0.6) is 0 Å². The van der Waals surface area contributed by atoms with Gasteiger partial charge in [-0.1, -0.05) is 6.07 Å². The van der Waals surface area contributed by atoms with E-state index in [-0.39, 0.29) is 5.56 Å². The van der Waals surface area contributed by atoms with Gasteiger partial charge >= 0.3 is 0 Å². The molecule has 4 heteroatoms. The number of halogens is 2. The lowest BCUT2D eigenvalue weighted by atomic mass is 10.1. The van der Waals surface area contributed by atoms with Crippen LogP contribution >= 0.6 is 0 Å². The molecule has 1 aromatic carbocycles. The van der Waals surface area contributed by atoms with Crippen LogP contribution in [-0.2, 0) is 0 Å². The average Bonchev–Trinajstić information content (AvgIpc) is 2.16. The number of rotatable bonds is 1. The first-order valence-electron chi connectivity index (χ1n) is 4.11. The normalized spacial score (nSPS) is 11.1. The van der Waals surface area contributed by atoms with Crippen LogP contribution < -0.4 is 5.73 Å². The number of nitrogens with zero attached hydrogens (tertiary/aromatic N) is 1. The van der Waals surface area contributed by atoms with Gasteiger partial charge in [0.2, 0.25) is 0 Å². The van der Waals surface area contributed by atoms with Crippen LogP contribution in [0.4, 0.5) is 14.6 Å². The van der Waals surface area contributed by atoms with E-state index in [1.165, 1.54) is 12.1 Å². The quantitative estimate of drug-likeness (QED) is 0.758. The van der Waals surface area contributed by atoms with Crippen molar-refractivity contribution in [3.8, 4) is 0 Å². The number of hydrogen-bond acceptors (Lipinski definition) is 2. The molecule has 0 amide bonds. The highest BCUT2D eigenvalue weighted by Crippen LogP contribution is 2.23. The highest BCUT2D eigenvalue weighted by Gasteiger charge is 2.07. The van der Waals surface area contributed by atoms with Crippen molar-refractivity contribution in [3.05, 3.63) is 35.9 Å². The van der Waals surface area contributed by atoms with Crippen molar-refractivity contribution in [2.75, 3.05) is 5.73 Å². The van der Waals surface area contributed by atoms with Gasteiger partial charge in [-0.2, -0.15) is 0 Å². The van der Waals surface area contributed by atoms with Crippen molar-refractivity contribution in [2.45, 2.75) is 6.43 Å². The van der Waals surface area contributed by atoms with Gasteiger partial charge in [0, 0.05) is 10.9 Å². The molecule has 0 unspecified atom stereocenters. The molecule has 0 aliphatic heterocycles. The van der Waals surface area contributed by atoms with Crippen LogP contribution in [0.1, 0.15) is 12.0 Å². The molecule has 2 N–H and O–H groups in total. The number of hydrogen-bond donors (Lipinski definition) is 1. The number of benzene rings is 1. The fraction of sp³-hybridized carbons (Fsp3) is 0.100. The van der Waals surface area contributed by atoms with Crippen molar-refractivity contribution in [2.24, 2.45) is 0 Å². The Morgan fingerprint density at radius 1 is 1.14 bits per heavy atom. The van der Waals surface area contributed by atoms with E-state index in [1.54, 1.807) is 18.2 Å². The highest BCUT2D eigenvalue weighted by molar-refractivity contribution is 5.80. The van der Waals surface area contributed by atoms with E-state index in [4.69, 9.17) is 5.73 Å². The Bertz CT molecular complexity index is 469. The number of pyridine rings is 1. The van der Waals surface area contributed by atoms with Crippen molar-refractivity contribution in [1.82, 2.24) is 4.98 Å². The largest absolute Gasteiger partial charge is 0.384 e. The van der Waals surface area contributed by atoms with Gasteiger partial charge in [0.15, 0.2) is 0 Å². The zero-order valence-electron chi connectivity index (χ0n) is 7.24. The van der Waals surface area contributed by atoms with Crippen LogP contribution in [0.3, 0.4) is 0 Å². The minimum absolute atomic E-state index is 0.00377.